The Bertz CT molecular complexity index is 974. The maximum absolute atomic E-state index is 13.2. The van der Waals surface area contributed by atoms with E-state index in [2.05, 4.69) is 10.6 Å². The lowest BCUT2D eigenvalue weighted by molar-refractivity contribution is 0.0606. The minimum absolute atomic E-state index is 0.320. The van der Waals surface area contributed by atoms with E-state index in [0.29, 0.717) is 20.7 Å². The highest BCUT2D eigenvalue weighted by molar-refractivity contribution is 7.80. The predicted octanol–water partition coefficient (Wildman–Crippen LogP) is 5.29. The van der Waals surface area contributed by atoms with Crippen molar-refractivity contribution in [1.29, 1.82) is 0 Å². The SMILES string of the molecule is COC(=O)c1sc2cc(NC(=S)Nc3cccc(F)c3)ccc2c1Cl. The first-order chi connectivity index (χ1) is 12.0. The average Bonchev–Trinajstić information content (AvgIpc) is 2.90. The molecule has 128 valence electrons. The van der Waals surface area contributed by atoms with Crippen LogP contribution in [0, 0.1) is 5.82 Å². The van der Waals surface area contributed by atoms with Gasteiger partial charge < -0.3 is 15.4 Å². The van der Waals surface area contributed by atoms with E-state index in [-0.39, 0.29) is 5.82 Å². The van der Waals surface area contributed by atoms with Crippen LogP contribution in [-0.4, -0.2) is 18.2 Å². The van der Waals surface area contributed by atoms with Gasteiger partial charge in [0.05, 0.1) is 12.1 Å². The van der Waals surface area contributed by atoms with Gasteiger partial charge in [-0.05, 0) is 48.6 Å². The molecule has 0 saturated heterocycles. The van der Waals surface area contributed by atoms with Crippen molar-refractivity contribution in [2.45, 2.75) is 0 Å². The van der Waals surface area contributed by atoms with Gasteiger partial charge in [0.15, 0.2) is 5.11 Å². The van der Waals surface area contributed by atoms with Crippen LogP contribution in [0.25, 0.3) is 10.1 Å². The Balaban J connectivity index is 1.80. The van der Waals surface area contributed by atoms with Gasteiger partial charge >= 0.3 is 5.97 Å². The summed E-state index contributed by atoms with van der Waals surface area (Å²) in [5.74, 6) is -0.818. The number of methoxy groups -OCH3 is 1. The van der Waals surface area contributed by atoms with Crippen LogP contribution in [0.15, 0.2) is 42.5 Å². The molecule has 1 heterocycles. The zero-order valence-electron chi connectivity index (χ0n) is 12.9. The first-order valence-electron chi connectivity index (χ1n) is 7.12. The van der Waals surface area contributed by atoms with E-state index in [1.165, 1.54) is 30.6 Å². The minimum atomic E-state index is -0.469. The summed E-state index contributed by atoms with van der Waals surface area (Å²) in [4.78, 5) is 12.1. The van der Waals surface area contributed by atoms with Crippen LogP contribution in [0.4, 0.5) is 15.8 Å². The number of hydrogen-bond donors (Lipinski definition) is 2. The molecule has 0 radical (unpaired) electrons. The number of fused-ring (bicyclic) bond motifs is 1. The van der Waals surface area contributed by atoms with Crippen molar-refractivity contribution in [3.8, 4) is 0 Å². The third-order valence-corrected chi connectivity index (χ3v) is 5.18. The van der Waals surface area contributed by atoms with Gasteiger partial charge in [0, 0.05) is 21.5 Å². The van der Waals surface area contributed by atoms with Crippen LogP contribution in [0.1, 0.15) is 9.67 Å². The fourth-order valence-corrected chi connectivity index (χ4v) is 3.93. The molecule has 2 N–H and O–H groups in total. The van der Waals surface area contributed by atoms with E-state index in [1.807, 2.05) is 6.07 Å². The fraction of sp³-hybridized carbons (Fsp3) is 0.0588. The number of rotatable bonds is 3. The van der Waals surface area contributed by atoms with Gasteiger partial charge in [0.25, 0.3) is 0 Å². The van der Waals surface area contributed by atoms with Crippen molar-refractivity contribution in [2.75, 3.05) is 17.7 Å². The number of carbonyl (C=O) groups excluding carboxylic acids is 1. The van der Waals surface area contributed by atoms with Crippen molar-refractivity contribution >= 4 is 67.7 Å². The summed E-state index contributed by atoms with van der Waals surface area (Å²) in [6.07, 6.45) is 0. The Morgan fingerprint density at radius 3 is 2.60 bits per heavy atom. The average molecular weight is 395 g/mol. The second kappa shape index (κ2) is 7.35. The van der Waals surface area contributed by atoms with Crippen molar-refractivity contribution in [2.24, 2.45) is 0 Å². The largest absolute Gasteiger partial charge is 0.465 e. The number of esters is 1. The summed E-state index contributed by atoms with van der Waals surface area (Å²) in [7, 11) is 1.31. The minimum Gasteiger partial charge on any atom is -0.465 e. The molecule has 0 aliphatic rings. The third-order valence-electron chi connectivity index (χ3n) is 3.34. The van der Waals surface area contributed by atoms with Crippen LogP contribution < -0.4 is 10.6 Å². The summed E-state index contributed by atoms with van der Waals surface area (Å²) in [6, 6.07) is 11.4. The van der Waals surface area contributed by atoms with Crippen LogP contribution in [-0.2, 0) is 4.74 Å². The molecule has 3 rings (SSSR count). The van der Waals surface area contributed by atoms with E-state index >= 15 is 0 Å². The van der Waals surface area contributed by atoms with E-state index in [9.17, 15) is 9.18 Å². The van der Waals surface area contributed by atoms with Crippen molar-refractivity contribution in [3.63, 3.8) is 0 Å². The smallest absolute Gasteiger partial charge is 0.349 e. The van der Waals surface area contributed by atoms with E-state index in [1.54, 1.807) is 24.3 Å². The lowest BCUT2D eigenvalue weighted by Crippen LogP contribution is -2.18. The number of halogens is 2. The van der Waals surface area contributed by atoms with Gasteiger partial charge in [-0.25, -0.2) is 9.18 Å². The van der Waals surface area contributed by atoms with Gasteiger partial charge in [-0.15, -0.1) is 11.3 Å². The number of anilines is 2. The van der Waals surface area contributed by atoms with E-state index in [0.717, 1.165) is 15.8 Å². The normalized spacial score (nSPS) is 10.5. The highest BCUT2D eigenvalue weighted by Gasteiger charge is 2.17. The molecular weight excluding hydrogens is 383 g/mol. The number of ether oxygens (including phenoxy) is 1. The second-order valence-electron chi connectivity index (χ2n) is 5.04. The number of hydrogen-bond acceptors (Lipinski definition) is 4. The highest BCUT2D eigenvalue weighted by Crippen LogP contribution is 2.37. The van der Waals surface area contributed by atoms with E-state index < -0.39 is 5.97 Å². The lowest BCUT2D eigenvalue weighted by atomic mass is 10.2. The molecule has 4 nitrogen and oxygen atoms in total. The van der Waals surface area contributed by atoms with Gasteiger partial charge in [-0.3, -0.25) is 0 Å². The predicted molar refractivity (Wildman–Crippen MR) is 104 cm³/mol. The Kier molecular flexibility index (Phi) is 5.17. The first kappa shape index (κ1) is 17.6. The number of benzene rings is 2. The molecule has 0 saturated carbocycles. The van der Waals surface area contributed by atoms with Crippen molar-refractivity contribution in [1.82, 2.24) is 0 Å². The summed E-state index contributed by atoms with van der Waals surface area (Å²) in [6.45, 7) is 0. The van der Waals surface area contributed by atoms with E-state index in [4.69, 9.17) is 28.6 Å². The standard InChI is InChI=1S/C17H12ClFN2O2S2/c1-23-16(22)15-14(18)12-6-5-11(8-13(12)25-15)21-17(24)20-10-4-2-3-9(19)7-10/h2-8H,1H3,(H2,20,21,24). The van der Waals surface area contributed by atoms with Crippen LogP contribution in [0.2, 0.25) is 5.02 Å². The number of thiophene rings is 1. The number of thiocarbonyl (C=S) groups is 1. The van der Waals surface area contributed by atoms with Crippen molar-refractivity contribution in [3.05, 3.63) is 58.2 Å². The zero-order valence-corrected chi connectivity index (χ0v) is 15.3. The van der Waals surface area contributed by atoms with Gasteiger partial charge in [0.1, 0.15) is 10.7 Å². The highest BCUT2D eigenvalue weighted by atomic mass is 35.5. The van der Waals surface area contributed by atoms with Gasteiger partial charge in [0.2, 0.25) is 0 Å². The van der Waals surface area contributed by atoms with Crippen molar-refractivity contribution < 1.29 is 13.9 Å². The Labute approximate surface area is 157 Å². The van der Waals surface area contributed by atoms with Crippen LogP contribution in [0.3, 0.4) is 0 Å². The molecular formula is C17H12ClFN2O2S2. The summed E-state index contributed by atoms with van der Waals surface area (Å²) in [5.41, 5.74) is 1.27. The second-order valence-corrected chi connectivity index (χ2v) is 6.88. The third kappa shape index (κ3) is 3.89. The van der Waals surface area contributed by atoms with Gasteiger partial charge in [-0.1, -0.05) is 17.7 Å². The maximum atomic E-state index is 13.2. The molecule has 0 aliphatic heterocycles. The Hall–Kier alpha value is -2.22. The fourth-order valence-electron chi connectivity index (χ4n) is 2.23. The molecule has 25 heavy (non-hydrogen) atoms. The van der Waals surface area contributed by atoms with Crippen LogP contribution >= 0.6 is 35.2 Å². The molecule has 0 atom stereocenters. The molecule has 0 fully saturated rings. The zero-order chi connectivity index (χ0) is 18.0. The summed E-state index contributed by atoms with van der Waals surface area (Å²) in [5, 5.41) is 7.39. The molecule has 0 aliphatic carbocycles. The molecule has 0 unspecified atom stereocenters. The maximum Gasteiger partial charge on any atom is 0.349 e. The first-order valence-corrected chi connectivity index (χ1v) is 8.72. The molecule has 1 aromatic heterocycles. The molecule has 0 bridgehead atoms. The molecule has 0 spiro atoms. The quantitative estimate of drug-likeness (QED) is 0.467. The summed E-state index contributed by atoms with van der Waals surface area (Å²) >= 11 is 12.7. The van der Waals surface area contributed by atoms with Crippen LogP contribution in [0.5, 0.6) is 0 Å². The molecule has 0 amide bonds. The lowest BCUT2D eigenvalue weighted by Gasteiger charge is -2.10. The monoisotopic (exact) mass is 394 g/mol. The Morgan fingerprint density at radius 2 is 1.92 bits per heavy atom. The number of nitrogens with one attached hydrogen (secondary N) is 2. The number of carbonyl (C=O) groups is 1. The molecule has 8 heteroatoms. The van der Waals surface area contributed by atoms with Gasteiger partial charge in [-0.2, -0.15) is 0 Å². The topological polar surface area (TPSA) is 50.4 Å². The Morgan fingerprint density at radius 1 is 1.20 bits per heavy atom. The molecule has 2 aromatic carbocycles. The molecule has 3 aromatic rings. The summed E-state index contributed by atoms with van der Waals surface area (Å²) < 4.78 is 18.8.